The highest BCUT2D eigenvalue weighted by Gasteiger charge is 2.21. The molecule has 0 spiro atoms. The Labute approximate surface area is 185 Å². The maximum absolute atomic E-state index is 12.5. The number of H-pyrrole nitrogens is 1. The van der Waals surface area contributed by atoms with E-state index < -0.39 is 0 Å². The second-order valence-corrected chi connectivity index (χ2v) is 10.6. The number of anilines is 1. The standard InChI is InChI=1S/C21H20N4O2S3/c1-10-6-11(2)18-14(7-10)30-21(25-18)24-16(26)9-28-8-15-22-19(27)17-12-4-3-5-13(12)29-20(17)23-15/h6-7H,3-5,8-9H2,1-2H3,(H,22,23,27)(H,24,25,26). The van der Waals surface area contributed by atoms with E-state index in [9.17, 15) is 9.59 Å². The number of fused-ring (bicyclic) bond motifs is 4. The van der Waals surface area contributed by atoms with Crippen LogP contribution in [0.25, 0.3) is 20.4 Å². The molecule has 3 aromatic heterocycles. The molecule has 3 heterocycles. The number of thiazole rings is 1. The van der Waals surface area contributed by atoms with Crippen LogP contribution in [-0.4, -0.2) is 26.6 Å². The average molecular weight is 457 g/mol. The van der Waals surface area contributed by atoms with Crippen LogP contribution < -0.4 is 10.9 Å². The summed E-state index contributed by atoms with van der Waals surface area (Å²) in [7, 11) is 0. The zero-order valence-electron chi connectivity index (χ0n) is 16.6. The Kier molecular flexibility index (Phi) is 5.12. The lowest BCUT2D eigenvalue weighted by atomic mass is 10.1. The van der Waals surface area contributed by atoms with Crippen molar-refractivity contribution in [3.05, 3.63) is 49.9 Å². The largest absolute Gasteiger partial charge is 0.309 e. The van der Waals surface area contributed by atoms with Gasteiger partial charge in [0.05, 0.1) is 27.1 Å². The minimum atomic E-state index is -0.105. The summed E-state index contributed by atoms with van der Waals surface area (Å²) < 4.78 is 1.08. The summed E-state index contributed by atoms with van der Waals surface area (Å²) in [6.07, 6.45) is 3.14. The van der Waals surface area contributed by atoms with Crippen LogP contribution in [0.2, 0.25) is 0 Å². The molecule has 9 heteroatoms. The molecular formula is C21H20N4O2S3. The van der Waals surface area contributed by atoms with Crippen molar-refractivity contribution in [1.82, 2.24) is 15.0 Å². The van der Waals surface area contributed by atoms with Gasteiger partial charge in [0.15, 0.2) is 5.13 Å². The predicted octanol–water partition coefficient (Wildman–Crippen LogP) is 4.57. The summed E-state index contributed by atoms with van der Waals surface area (Å²) in [6, 6.07) is 4.18. The molecule has 1 aliphatic rings. The van der Waals surface area contributed by atoms with E-state index in [0.29, 0.717) is 16.7 Å². The van der Waals surface area contributed by atoms with E-state index in [4.69, 9.17) is 0 Å². The Morgan fingerprint density at radius 3 is 2.97 bits per heavy atom. The molecule has 0 aliphatic heterocycles. The van der Waals surface area contributed by atoms with Crippen molar-refractivity contribution in [2.45, 2.75) is 38.9 Å². The number of rotatable bonds is 5. The van der Waals surface area contributed by atoms with Crippen molar-refractivity contribution in [1.29, 1.82) is 0 Å². The maximum Gasteiger partial charge on any atom is 0.259 e. The van der Waals surface area contributed by atoms with E-state index in [0.717, 1.165) is 45.3 Å². The van der Waals surface area contributed by atoms with E-state index in [1.54, 1.807) is 11.3 Å². The van der Waals surface area contributed by atoms with Crippen LogP contribution in [0.4, 0.5) is 5.13 Å². The van der Waals surface area contributed by atoms with Crippen LogP contribution in [-0.2, 0) is 23.4 Å². The number of aromatic amines is 1. The van der Waals surface area contributed by atoms with Crippen molar-refractivity contribution < 1.29 is 4.79 Å². The third kappa shape index (κ3) is 3.66. The molecular weight excluding hydrogens is 436 g/mol. The second-order valence-electron chi connectivity index (χ2n) is 7.54. The van der Waals surface area contributed by atoms with Gasteiger partial charge in [0, 0.05) is 4.88 Å². The lowest BCUT2D eigenvalue weighted by Gasteiger charge is -2.03. The van der Waals surface area contributed by atoms with Crippen LogP contribution in [0, 0.1) is 13.8 Å². The molecule has 2 N–H and O–H groups in total. The fourth-order valence-corrected chi connectivity index (χ4v) is 6.96. The smallest absolute Gasteiger partial charge is 0.259 e. The summed E-state index contributed by atoms with van der Waals surface area (Å²) in [5.74, 6) is 1.28. The van der Waals surface area contributed by atoms with E-state index >= 15 is 0 Å². The van der Waals surface area contributed by atoms with Gasteiger partial charge < -0.3 is 10.3 Å². The van der Waals surface area contributed by atoms with E-state index in [1.807, 2.05) is 6.92 Å². The average Bonchev–Trinajstić information content (AvgIpc) is 3.35. The summed E-state index contributed by atoms with van der Waals surface area (Å²) >= 11 is 4.55. The normalized spacial score (nSPS) is 13.3. The fourth-order valence-electron chi connectivity index (χ4n) is 3.94. The lowest BCUT2D eigenvalue weighted by molar-refractivity contribution is -0.113. The monoisotopic (exact) mass is 456 g/mol. The molecule has 5 rings (SSSR count). The summed E-state index contributed by atoms with van der Waals surface area (Å²) in [5, 5.41) is 4.27. The summed E-state index contributed by atoms with van der Waals surface area (Å²) in [4.78, 5) is 39.1. The van der Waals surface area contributed by atoms with Gasteiger partial charge in [-0.1, -0.05) is 17.4 Å². The second kappa shape index (κ2) is 7.79. The van der Waals surface area contributed by atoms with Gasteiger partial charge in [-0.25, -0.2) is 9.97 Å². The fraction of sp³-hybridized carbons (Fsp3) is 0.333. The first-order valence-corrected chi connectivity index (χ1v) is 12.6. The molecule has 0 atom stereocenters. The molecule has 0 saturated carbocycles. The highest BCUT2D eigenvalue weighted by Crippen LogP contribution is 2.34. The molecule has 6 nitrogen and oxygen atoms in total. The third-order valence-electron chi connectivity index (χ3n) is 5.17. The number of thiophene rings is 1. The molecule has 1 aliphatic carbocycles. The van der Waals surface area contributed by atoms with Crippen LogP contribution in [0.5, 0.6) is 0 Å². The third-order valence-corrected chi connectivity index (χ3v) is 8.22. The number of benzene rings is 1. The maximum atomic E-state index is 12.5. The number of nitrogens with zero attached hydrogens (tertiary/aromatic N) is 2. The van der Waals surface area contributed by atoms with Gasteiger partial charge in [-0.2, -0.15) is 0 Å². The topological polar surface area (TPSA) is 87.7 Å². The van der Waals surface area contributed by atoms with Gasteiger partial charge >= 0.3 is 0 Å². The van der Waals surface area contributed by atoms with Crippen LogP contribution >= 0.6 is 34.4 Å². The van der Waals surface area contributed by atoms with Gasteiger partial charge in [0.25, 0.3) is 5.56 Å². The van der Waals surface area contributed by atoms with Gasteiger partial charge in [-0.05, 0) is 55.9 Å². The molecule has 0 fully saturated rings. The number of hydrogen-bond donors (Lipinski definition) is 2. The van der Waals surface area contributed by atoms with Gasteiger partial charge in [0.1, 0.15) is 10.7 Å². The lowest BCUT2D eigenvalue weighted by Crippen LogP contribution is -2.15. The molecule has 154 valence electrons. The molecule has 4 aromatic rings. The number of carbonyl (C=O) groups excluding carboxylic acids is 1. The minimum Gasteiger partial charge on any atom is -0.309 e. The van der Waals surface area contributed by atoms with Gasteiger partial charge in [-0.15, -0.1) is 23.1 Å². The Hall–Kier alpha value is -2.23. The first kappa shape index (κ1) is 19.7. The van der Waals surface area contributed by atoms with Gasteiger partial charge in [-0.3, -0.25) is 9.59 Å². The van der Waals surface area contributed by atoms with Crippen molar-refractivity contribution in [2.75, 3.05) is 11.1 Å². The van der Waals surface area contributed by atoms with E-state index in [-0.39, 0.29) is 17.2 Å². The van der Waals surface area contributed by atoms with Crippen molar-refractivity contribution >= 4 is 65.9 Å². The predicted molar refractivity (Wildman–Crippen MR) is 126 cm³/mol. The number of aromatic nitrogens is 3. The number of nitrogens with one attached hydrogen (secondary N) is 2. The highest BCUT2D eigenvalue weighted by atomic mass is 32.2. The van der Waals surface area contributed by atoms with E-state index in [2.05, 4.69) is 39.3 Å². The first-order valence-electron chi connectivity index (χ1n) is 9.77. The molecule has 1 aromatic carbocycles. The molecule has 1 amide bonds. The molecule has 0 radical (unpaired) electrons. The molecule has 0 unspecified atom stereocenters. The highest BCUT2D eigenvalue weighted by molar-refractivity contribution is 7.99. The SMILES string of the molecule is Cc1cc(C)c2nc(NC(=O)CSCc3nc4sc5c(c4c(=O)[nH]3)CCC5)sc2c1. The molecule has 0 saturated heterocycles. The Morgan fingerprint density at radius 1 is 1.23 bits per heavy atom. The number of aryl methyl sites for hydroxylation is 4. The van der Waals surface area contributed by atoms with Crippen LogP contribution in [0.3, 0.4) is 0 Å². The van der Waals surface area contributed by atoms with Crippen LogP contribution in [0.15, 0.2) is 16.9 Å². The summed E-state index contributed by atoms with van der Waals surface area (Å²) in [5.41, 5.74) is 4.36. The first-order chi connectivity index (χ1) is 14.5. The minimum absolute atomic E-state index is 0.0559. The molecule has 0 bridgehead atoms. The summed E-state index contributed by atoms with van der Waals surface area (Å²) in [6.45, 7) is 4.09. The number of hydrogen-bond acceptors (Lipinski definition) is 7. The molecule has 30 heavy (non-hydrogen) atoms. The van der Waals surface area contributed by atoms with E-state index in [1.165, 1.54) is 39.1 Å². The van der Waals surface area contributed by atoms with Crippen molar-refractivity contribution in [2.24, 2.45) is 0 Å². The zero-order chi connectivity index (χ0) is 20.8. The van der Waals surface area contributed by atoms with Crippen molar-refractivity contribution in [3.63, 3.8) is 0 Å². The zero-order valence-corrected chi connectivity index (χ0v) is 19.1. The number of thioether (sulfide) groups is 1. The van der Waals surface area contributed by atoms with Crippen LogP contribution in [0.1, 0.15) is 33.8 Å². The number of amides is 1. The Balaban J connectivity index is 1.23. The number of carbonyl (C=O) groups is 1. The Morgan fingerprint density at radius 2 is 2.10 bits per heavy atom. The van der Waals surface area contributed by atoms with Crippen molar-refractivity contribution in [3.8, 4) is 0 Å². The Bertz CT molecular complexity index is 1350. The van der Waals surface area contributed by atoms with Gasteiger partial charge in [0.2, 0.25) is 5.91 Å². The quantitative estimate of drug-likeness (QED) is 0.459.